The van der Waals surface area contributed by atoms with E-state index in [-0.39, 0.29) is 5.92 Å². The molecule has 0 aromatic heterocycles. The van der Waals surface area contributed by atoms with E-state index in [1.54, 1.807) is 0 Å². The van der Waals surface area contributed by atoms with Crippen LogP contribution in [0.3, 0.4) is 0 Å². The van der Waals surface area contributed by atoms with Crippen molar-refractivity contribution in [2.24, 2.45) is 5.92 Å². The second-order valence-electron chi connectivity index (χ2n) is 6.53. The van der Waals surface area contributed by atoms with Crippen LogP contribution in [-0.2, 0) is 0 Å². The lowest BCUT2D eigenvalue weighted by molar-refractivity contribution is 0.0399. The summed E-state index contributed by atoms with van der Waals surface area (Å²) in [5.41, 5.74) is 1.78. The summed E-state index contributed by atoms with van der Waals surface area (Å²) in [6.07, 6.45) is 0.896. The van der Waals surface area contributed by atoms with Crippen molar-refractivity contribution in [3.63, 3.8) is 0 Å². The van der Waals surface area contributed by atoms with Gasteiger partial charge in [0.1, 0.15) is 0 Å². The van der Waals surface area contributed by atoms with Crippen LogP contribution >= 0.6 is 11.6 Å². The van der Waals surface area contributed by atoms with Gasteiger partial charge in [0.25, 0.3) is 0 Å². The number of likely N-dealkylation sites (tertiary alicyclic amines) is 1. The normalized spacial score (nSPS) is 19.1. The Morgan fingerprint density at radius 2 is 1.58 bits per heavy atom. The molecular formula is C20H24ClNO2. The van der Waals surface area contributed by atoms with Crippen LogP contribution in [-0.4, -0.2) is 34.7 Å². The largest absolute Gasteiger partial charge is 0.388 e. The van der Waals surface area contributed by atoms with Gasteiger partial charge in [-0.25, -0.2) is 0 Å². The Bertz CT molecular complexity index is 641. The van der Waals surface area contributed by atoms with Gasteiger partial charge in [0, 0.05) is 17.1 Å². The minimum absolute atomic E-state index is 0.279. The summed E-state index contributed by atoms with van der Waals surface area (Å²) in [5.74, 6) is 0.279. The smallest absolute Gasteiger partial charge is 0.0931 e. The molecular weight excluding hydrogens is 322 g/mol. The van der Waals surface area contributed by atoms with Crippen molar-refractivity contribution in [3.8, 4) is 0 Å². The third-order valence-corrected chi connectivity index (χ3v) is 5.26. The van der Waals surface area contributed by atoms with Crippen molar-refractivity contribution in [2.75, 3.05) is 19.6 Å². The third kappa shape index (κ3) is 4.17. The molecule has 1 aliphatic heterocycles. The monoisotopic (exact) mass is 345 g/mol. The lowest BCUT2D eigenvalue weighted by Gasteiger charge is -2.35. The number of benzene rings is 2. The average molecular weight is 346 g/mol. The highest BCUT2D eigenvalue weighted by Crippen LogP contribution is 2.31. The Labute approximate surface area is 148 Å². The molecule has 2 N–H and O–H groups in total. The summed E-state index contributed by atoms with van der Waals surface area (Å²) >= 11 is 6.16. The second kappa shape index (κ2) is 8.13. The highest BCUT2D eigenvalue weighted by atomic mass is 35.5. The number of halogens is 1. The molecule has 0 saturated carbocycles. The molecule has 2 aromatic carbocycles. The number of piperidine rings is 1. The summed E-state index contributed by atoms with van der Waals surface area (Å²) < 4.78 is 0. The molecule has 4 heteroatoms. The molecule has 0 spiro atoms. The SMILES string of the molecule is OC(CN1CCC(C(O)c2ccccc2)CC1)c1ccccc1Cl. The predicted octanol–water partition coefficient (Wildman–Crippen LogP) is 3.82. The number of aliphatic hydroxyl groups is 2. The van der Waals surface area contributed by atoms with Gasteiger partial charge in [0.2, 0.25) is 0 Å². The standard InChI is InChI=1S/C20H24ClNO2/c21-18-9-5-4-8-17(18)19(23)14-22-12-10-16(11-13-22)20(24)15-6-2-1-3-7-15/h1-9,16,19-20,23-24H,10-14H2. The number of rotatable bonds is 5. The lowest BCUT2D eigenvalue weighted by Crippen LogP contribution is -2.38. The van der Waals surface area contributed by atoms with Crippen molar-refractivity contribution < 1.29 is 10.2 Å². The first kappa shape index (κ1) is 17.4. The summed E-state index contributed by atoms with van der Waals surface area (Å²) in [6, 6.07) is 17.3. The first-order chi connectivity index (χ1) is 11.6. The van der Waals surface area contributed by atoms with Gasteiger partial charge in [0.15, 0.2) is 0 Å². The summed E-state index contributed by atoms with van der Waals surface area (Å²) in [5, 5.41) is 21.6. The topological polar surface area (TPSA) is 43.7 Å². The molecule has 0 aliphatic carbocycles. The number of nitrogens with zero attached hydrogens (tertiary/aromatic N) is 1. The molecule has 24 heavy (non-hydrogen) atoms. The third-order valence-electron chi connectivity index (χ3n) is 4.92. The molecule has 2 unspecified atom stereocenters. The molecule has 0 amide bonds. The Morgan fingerprint density at radius 3 is 2.25 bits per heavy atom. The van der Waals surface area contributed by atoms with E-state index >= 15 is 0 Å². The van der Waals surface area contributed by atoms with Gasteiger partial charge in [-0.05, 0) is 43.5 Å². The fourth-order valence-electron chi connectivity index (χ4n) is 3.46. The predicted molar refractivity (Wildman–Crippen MR) is 97.0 cm³/mol. The lowest BCUT2D eigenvalue weighted by atomic mass is 9.87. The highest BCUT2D eigenvalue weighted by molar-refractivity contribution is 6.31. The maximum Gasteiger partial charge on any atom is 0.0931 e. The van der Waals surface area contributed by atoms with Gasteiger partial charge in [-0.1, -0.05) is 60.1 Å². The molecule has 3 nitrogen and oxygen atoms in total. The Hall–Kier alpha value is -1.39. The van der Waals surface area contributed by atoms with Crippen molar-refractivity contribution >= 4 is 11.6 Å². The molecule has 3 rings (SSSR count). The first-order valence-corrected chi connectivity index (χ1v) is 8.91. The van der Waals surface area contributed by atoms with Crippen molar-refractivity contribution in [1.29, 1.82) is 0 Å². The van der Waals surface area contributed by atoms with Gasteiger partial charge in [-0.15, -0.1) is 0 Å². The minimum atomic E-state index is -0.575. The maximum absolute atomic E-state index is 10.5. The molecule has 1 heterocycles. The van der Waals surface area contributed by atoms with Crippen molar-refractivity contribution in [3.05, 3.63) is 70.7 Å². The van der Waals surface area contributed by atoms with Gasteiger partial charge >= 0.3 is 0 Å². The molecule has 0 radical (unpaired) electrons. The molecule has 2 aromatic rings. The van der Waals surface area contributed by atoms with Gasteiger partial charge in [0.05, 0.1) is 12.2 Å². The van der Waals surface area contributed by atoms with Crippen LogP contribution in [0.1, 0.15) is 36.2 Å². The van der Waals surface area contributed by atoms with Gasteiger partial charge in [-0.3, -0.25) is 0 Å². The average Bonchev–Trinajstić information content (AvgIpc) is 2.63. The van der Waals surface area contributed by atoms with Crippen LogP contribution < -0.4 is 0 Å². The van der Waals surface area contributed by atoms with Crippen molar-refractivity contribution in [1.82, 2.24) is 4.90 Å². The molecule has 0 bridgehead atoms. The maximum atomic E-state index is 10.5. The fourth-order valence-corrected chi connectivity index (χ4v) is 3.72. The van der Waals surface area contributed by atoms with Crippen LogP contribution in [0.4, 0.5) is 0 Å². The van der Waals surface area contributed by atoms with Crippen LogP contribution in [0.25, 0.3) is 0 Å². The zero-order valence-electron chi connectivity index (χ0n) is 13.7. The Kier molecular flexibility index (Phi) is 5.90. The zero-order valence-corrected chi connectivity index (χ0v) is 14.4. The summed E-state index contributed by atoms with van der Waals surface area (Å²) in [6.45, 7) is 2.35. The fraction of sp³-hybridized carbons (Fsp3) is 0.400. The molecule has 1 fully saturated rings. The van der Waals surface area contributed by atoms with E-state index in [0.717, 1.165) is 37.1 Å². The van der Waals surface area contributed by atoms with Gasteiger partial charge in [-0.2, -0.15) is 0 Å². The molecule has 128 valence electrons. The van der Waals surface area contributed by atoms with Crippen LogP contribution in [0, 0.1) is 5.92 Å². The quantitative estimate of drug-likeness (QED) is 0.865. The van der Waals surface area contributed by atoms with E-state index in [0.29, 0.717) is 11.6 Å². The van der Waals surface area contributed by atoms with Crippen LogP contribution in [0.2, 0.25) is 5.02 Å². The number of hydrogen-bond acceptors (Lipinski definition) is 3. The molecule has 1 saturated heterocycles. The number of hydrogen-bond donors (Lipinski definition) is 2. The van der Waals surface area contributed by atoms with E-state index in [4.69, 9.17) is 11.6 Å². The Morgan fingerprint density at radius 1 is 0.958 bits per heavy atom. The van der Waals surface area contributed by atoms with E-state index in [2.05, 4.69) is 4.90 Å². The van der Waals surface area contributed by atoms with Crippen LogP contribution in [0.5, 0.6) is 0 Å². The first-order valence-electron chi connectivity index (χ1n) is 8.53. The van der Waals surface area contributed by atoms with E-state index in [9.17, 15) is 10.2 Å². The second-order valence-corrected chi connectivity index (χ2v) is 6.94. The van der Waals surface area contributed by atoms with Crippen molar-refractivity contribution in [2.45, 2.75) is 25.0 Å². The van der Waals surface area contributed by atoms with Gasteiger partial charge < -0.3 is 15.1 Å². The van der Waals surface area contributed by atoms with E-state index in [1.165, 1.54) is 0 Å². The zero-order chi connectivity index (χ0) is 16.9. The number of β-amino-alcohol motifs (C(OH)–C–C–N with tert-alkyl or cyclic N) is 1. The molecule has 1 aliphatic rings. The number of aliphatic hydroxyl groups excluding tert-OH is 2. The van der Waals surface area contributed by atoms with Crippen LogP contribution in [0.15, 0.2) is 54.6 Å². The van der Waals surface area contributed by atoms with E-state index in [1.807, 2.05) is 54.6 Å². The molecule has 2 atom stereocenters. The van der Waals surface area contributed by atoms with E-state index < -0.39 is 12.2 Å². The highest BCUT2D eigenvalue weighted by Gasteiger charge is 2.27. The Balaban J connectivity index is 1.53. The summed E-state index contributed by atoms with van der Waals surface area (Å²) in [7, 11) is 0. The summed E-state index contributed by atoms with van der Waals surface area (Å²) in [4.78, 5) is 2.25. The minimum Gasteiger partial charge on any atom is -0.388 e.